The number of aromatic hydroxyl groups is 1. The number of nitrogens with zero attached hydrogens (tertiary/aromatic N) is 3. The minimum absolute atomic E-state index is 0.116. The van der Waals surface area contributed by atoms with Crippen LogP contribution in [0.25, 0.3) is 0 Å². The van der Waals surface area contributed by atoms with Crippen molar-refractivity contribution < 1.29 is 10.3 Å². The van der Waals surface area contributed by atoms with Gasteiger partial charge in [-0.25, -0.2) is 9.97 Å². The van der Waals surface area contributed by atoms with Gasteiger partial charge in [0.1, 0.15) is 6.21 Å². The van der Waals surface area contributed by atoms with Gasteiger partial charge in [-0.2, -0.15) is 0 Å². The average Bonchev–Trinajstić information content (AvgIpc) is 2.17. The first kappa shape index (κ1) is 14.4. The molecule has 100 valence electrons. The van der Waals surface area contributed by atoms with Crippen LogP contribution in [0.2, 0.25) is 0 Å². The van der Waals surface area contributed by atoms with Gasteiger partial charge in [0.15, 0.2) is 11.6 Å². The summed E-state index contributed by atoms with van der Waals surface area (Å²) in [7, 11) is 0. The van der Waals surface area contributed by atoms with E-state index in [9.17, 15) is 5.11 Å². The second-order valence-electron chi connectivity index (χ2n) is 6.37. The molecule has 0 spiro atoms. The van der Waals surface area contributed by atoms with Crippen molar-refractivity contribution in [3.63, 3.8) is 0 Å². The van der Waals surface area contributed by atoms with Crippen molar-refractivity contribution in [2.24, 2.45) is 5.16 Å². The fourth-order valence-electron chi connectivity index (χ4n) is 1.63. The number of aromatic nitrogens is 2. The van der Waals surface area contributed by atoms with Crippen LogP contribution < -0.4 is 0 Å². The Morgan fingerprint density at radius 2 is 1.33 bits per heavy atom. The van der Waals surface area contributed by atoms with E-state index >= 15 is 0 Å². The van der Waals surface area contributed by atoms with Crippen LogP contribution >= 0.6 is 0 Å². The van der Waals surface area contributed by atoms with E-state index in [0.717, 1.165) is 0 Å². The zero-order chi connectivity index (χ0) is 14.1. The summed E-state index contributed by atoms with van der Waals surface area (Å²) >= 11 is 0. The van der Waals surface area contributed by atoms with Gasteiger partial charge in [-0.05, 0) is 0 Å². The molecular weight excluding hydrogens is 230 g/mol. The topological polar surface area (TPSA) is 78.6 Å². The third-order valence-corrected chi connectivity index (χ3v) is 2.50. The molecule has 0 unspecified atom stereocenters. The van der Waals surface area contributed by atoms with Crippen LogP contribution in [0, 0.1) is 0 Å². The highest BCUT2D eigenvalue weighted by atomic mass is 16.4. The first-order valence-electron chi connectivity index (χ1n) is 5.86. The van der Waals surface area contributed by atoms with Crippen molar-refractivity contribution in [1.29, 1.82) is 0 Å². The van der Waals surface area contributed by atoms with Crippen LogP contribution in [-0.4, -0.2) is 26.5 Å². The van der Waals surface area contributed by atoms with Gasteiger partial charge in [0, 0.05) is 10.8 Å². The molecule has 0 aliphatic rings. The molecular formula is C13H21N3O2. The molecule has 0 aromatic carbocycles. The predicted octanol–water partition coefficient (Wildman–Crippen LogP) is 2.59. The molecule has 0 fully saturated rings. The van der Waals surface area contributed by atoms with Crippen LogP contribution in [0.3, 0.4) is 0 Å². The Morgan fingerprint density at radius 1 is 0.944 bits per heavy atom. The van der Waals surface area contributed by atoms with Gasteiger partial charge in [0.25, 0.3) is 0 Å². The summed E-state index contributed by atoms with van der Waals surface area (Å²) in [6.07, 6.45) is 1.17. The molecule has 18 heavy (non-hydrogen) atoms. The summed E-state index contributed by atoms with van der Waals surface area (Å²) in [4.78, 5) is 8.47. The predicted molar refractivity (Wildman–Crippen MR) is 70.5 cm³/mol. The van der Waals surface area contributed by atoms with E-state index in [4.69, 9.17) is 5.21 Å². The van der Waals surface area contributed by atoms with Crippen LogP contribution in [0.5, 0.6) is 5.75 Å². The lowest BCUT2D eigenvalue weighted by molar-refractivity contribution is 0.321. The van der Waals surface area contributed by atoms with Gasteiger partial charge >= 0.3 is 0 Å². The summed E-state index contributed by atoms with van der Waals surface area (Å²) in [5, 5.41) is 21.9. The quantitative estimate of drug-likeness (QED) is 0.457. The van der Waals surface area contributed by atoms with E-state index in [0.29, 0.717) is 17.2 Å². The zero-order valence-electron chi connectivity index (χ0n) is 11.8. The van der Waals surface area contributed by atoms with Crippen molar-refractivity contribution >= 4 is 6.21 Å². The summed E-state index contributed by atoms with van der Waals surface area (Å²) in [6, 6.07) is 0. The molecule has 5 heteroatoms. The van der Waals surface area contributed by atoms with Crippen LogP contribution in [-0.2, 0) is 10.8 Å². The highest BCUT2D eigenvalue weighted by Crippen LogP contribution is 2.36. The third-order valence-electron chi connectivity index (χ3n) is 2.50. The second kappa shape index (κ2) is 4.55. The Labute approximate surface area is 108 Å². The lowest BCUT2D eigenvalue weighted by atomic mass is 9.85. The van der Waals surface area contributed by atoms with Crippen molar-refractivity contribution in [1.82, 2.24) is 9.97 Å². The van der Waals surface area contributed by atoms with E-state index in [1.54, 1.807) is 0 Å². The molecule has 0 saturated heterocycles. The number of hydrogen-bond donors (Lipinski definition) is 2. The molecule has 0 atom stereocenters. The fraction of sp³-hybridized carbons (Fsp3) is 0.615. The van der Waals surface area contributed by atoms with E-state index in [-0.39, 0.29) is 16.6 Å². The molecule has 2 N–H and O–H groups in total. The van der Waals surface area contributed by atoms with Crippen molar-refractivity contribution in [3.05, 3.63) is 17.2 Å². The summed E-state index contributed by atoms with van der Waals surface area (Å²) in [5.41, 5.74) is 0.477. The van der Waals surface area contributed by atoms with Crippen LogP contribution in [0.1, 0.15) is 58.8 Å². The molecule has 0 bridgehead atoms. The molecule has 0 radical (unpaired) electrons. The zero-order valence-corrected chi connectivity index (χ0v) is 11.8. The SMILES string of the molecule is CC(C)(C)c1nc(/C=N/O)nc(C(C)(C)C)c1O. The number of hydrogen-bond acceptors (Lipinski definition) is 5. The minimum Gasteiger partial charge on any atom is -0.504 e. The van der Waals surface area contributed by atoms with Crippen molar-refractivity contribution in [2.75, 3.05) is 0 Å². The Kier molecular flexibility index (Phi) is 3.64. The van der Waals surface area contributed by atoms with Gasteiger partial charge in [-0.15, -0.1) is 0 Å². The largest absolute Gasteiger partial charge is 0.504 e. The van der Waals surface area contributed by atoms with Crippen molar-refractivity contribution in [2.45, 2.75) is 52.4 Å². The molecule has 0 aliphatic heterocycles. The molecule has 1 aromatic rings. The van der Waals surface area contributed by atoms with Crippen LogP contribution in [0.15, 0.2) is 5.16 Å². The molecule has 1 aromatic heterocycles. The van der Waals surface area contributed by atoms with Gasteiger partial charge < -0.3 is 10.3 Å². The highest BCUT2D eigenvalue weighted by Gasteiger charge is 2.29. The summed E-state index contributed by atoms with van der Waals surface area (Å²) in [5.74, 6) is 0.412. The number of oxime groups is 1. The smallest absolute Gasteiger partial charge is 0.174 e. The van der Waals surface area contributed by atoms with Crippen LogP contribution in [0.4, 0.5) is 0 Å². The van der Waals surface area contributed by atoms with Gasteiger partial charge in [0.05, 0.1) is 11.4 Å². The third kappa shape index (κ3) is 2.97. The normalized spacial score (nSPS) is 13.2. The lowest BCUT2D eigenvalue weighted by Crippen LogP contribution is -2.22. The van der Waals surface area contributed by atoms with E-state index in [1.807, 2.05) is 41.5 Å². The Balaban J connectivity index is 3.59. The molecule has 1 rings (SSSR count). The molecule has 1 heterocycles. The maximum absolute atomic E-state index is 10.3. The fourth-order valence-corrected chi connectivity index (χ4v) is 1.63. The van der Waals surface area contributed by atoms with Gasteiger partial charge in [-0.3, -0.25) is 0 Å². The van der Waals surface area contributed by atoms with E-state index in [1.165, 1.54) is 6.21 Å². The van der Waals surface area contributed by atoms with E-state index < -0.39 is 0 Å². The Hall–Kier alpha value is -1.65. The highest BCUT2D eigenvalue weighted by molar-refractivity contribution is 5.74. The standard InChI is InChI=1S/C13H21N3O2/c1-12(2,3)10-9(17)11(13(4,5)6)16-8(15-10)7-14-18/h7,17-18H,1-6H3/b14-7+. The first-order chi connectivity index (χ1) is 8.07. The maximum atomic E-state index is 10.3. The monoisotopic (exact) mass is 251 g/mol. The Morgan fingerprint density at radius 3 is 1.61 bits per heavy atom. The molecule has 5 nitrogen and oxygen atoms in total. The average molecular weight is 251 g/mol. The maximum Gasteiger partial charge on any atom is 0.174 e. The number of rotatable bonds is 1. The minimum atomic E-state index is -0.314. The second-order valence-corrected chi connectivity index (χ2v) is 6.37. The first-order valence-corrected chi connectivity index (χ1v) is 5.86. The van der Waals surface area contributed by atoms with Gasteiger partial charge in [-0.1, -0.05) is 46.7 Å². The van der Waals surface area contributed by atoms with Crippen molar-refractivity contribution in [3.8, 4) is 5.75 Å². The summed E-state index contributed by atoms with van der Waals surface area (Å²) in [6.45, 7) is 11.8. The molecule has 0 aliphatic carbocycles. The lowest BCUT2D eigenvalue weighted by Gasteiger charge is -2.25. The summed E-state index contributed by atoms with van der Waals surface area (Å²) < 4.78 is 0. The van der Waals surface area contributed by atoms with Gasteiger partial charge in [0.2, 0.25) is 0 Å². The molecule has 0 saturated carbocycles. The molecule has 0 amide bonds. The van der Waals surface area contributed by atoms with E-state index in [2.05, 4.69) is 15.1 Å². The Bertz CT molecular complexity index is 433.